The van der Waals surface area contributed by atoms with E-state index in [0.717, 1.165) is 29.3 Å². The van der Waals surface area contributed by atoms with Crippen molar-refractivity contribution >= 4 is 27.5 Å². The molecule has 152 valence electrons. The van der Waals surface area contributed by atoms with E-state index in [-0.39, 0.29) is 38.0 Å². The van der Waals surface area contributed by atoms with Gasteiger partial charge in [-0.1, -0.05) is 31.9 Å². The summed E-state index contributed by atoms with van der Waals surface area (Å²) in [5.74, 6) is -0.163. The molecule has 1 aliphatic heterocycles. The third-order valence-corrected chi connectivity index (χ3v) is 6.80. The molecule has 10 heteroatoms. The minimum Gasteiger partial charge on any atom is -0.340 e. The van der Waals surface area contributed by atoms with E-state index in [4.69, 9.17) is 11.6 Å². The number of hydrogen-bond donors (Lipinski definition) is 0. The smallest absolute Gasteiger partial charge is 0.340 e. The van der Waals surface area contributed by atoms with Crippen molar-refractivity contribution in [3.63, 3.8) is 0 Å². The topological polar surface area (TPSA) is 57.7 Å². The highest BCUT2D eigenvalue weighted by molar-refractivity contribution is 7.89. The summed E-state index contributed by atoms with van der Waals surface area (Å²) in [6, 6.07) is 2.55. The van der Waals surface area contributed by atoms with Crippen LogP contribution >= 0.6 is 11.6 Å². The van der Waals surface area contributed by atoms with Crippen LogP contribution in [0.15, 0.2) is 23.1 Å². The molecule has 1 aromatic carbocycles. The molecule has 0 radical (unpaired) electrons. The van der Waals surface area contributed by atoms with Crippen LogP contribution in [0, 0.1) is 5.92 Å². The van der Waals surface area contributed by atoms with Crippen molar-refractivity contribution in [2.45, 2.75) is 37.8 Å². The van der Waals surface area contributed by atoms with E-state index in [1.54, 1.807) is 4.90 Å². The molecule has 0 N–H and O–H groups in total. The number of piperazine rings is 1. The zero-order valence-corrected chi connectivity index (χ0v) is 16.7. The lowest BCUT2D eigenvalue weighted by Crippen LogP contribution is -2.51. The average Bonchev–Trinajstić information content (AvgIpc) is 2.60. The fourth-order valence-electron chi connectivity index (χ4n) is 3.05. The molecule has 1 aromatic rings. The molecule has 2 rings (SSSR count). The fourth-order valence-corrected chi connectivity index (χ4v) is 4.72. The maximum Gasteiger partial charge on any atom is 0.417 e. The van der Waals surface area contributed by atoms with Crippen LogP contribution in [0.2, 0.25) is 5.02 Å². The Morgan fingerprint density at radius 2 is 1.81 bits per heavy atom. The number of sulfonamides is 1. The average molecular weight is 427 g/mol. The number of alkyl halides is 3. The van der Waals surface area contributed by atoms with E-state index in [1.165, 1.54) is 0 Å². The van der Waals surface area contributed by atoms with Crippen LogP contribution in [0.5, 0.6) is 0 Å². The molecule has 0 spiro atoms. The zero-order chi connectivity index (χ0) is 20.4. The number of carbonyl (C=O) groups is 1. The minimum absolute atomic E-state index is 0.0280. The molecular weight excluding hydrogens is 405 g/mol. The van der Waals surface area contributed by atoms with Gasteiger partial charge >= 0.3 is 6.18 Å². The van der Waals surface area contributed by atoms with Crippen LogP contribution in [-0.4, -0.2) is 49.7 Å². The molecule has 0 aliphatic carbocycles. The van der Waals surface area contributed by atoms with Crippen molar-refractivity contribution in [1.29, 1.82) is 0 Å². The van der Waals surface area contributed by atoms with Gasteiger partial charge in [0.25, 0.3) is 0 Å². The summed E-state index contributed by atoms with van der Waals surface area (Å²) >= 11 is 5.55. The van der Waals surface area contributed by atoms with E-state index in [1.807, 2.05) is 13.8 Å². The second-order valence-electron chi connectivity index (χ2n) is 6.56. The Balaban J connectivity index is 2.15. The Morgan fingerprint density at radius 1 is 1.22 bits per heavy atom. The number of benzene rings is 1. The second kappa shape index (κ2) is 8.36. The molecular formula is C17H22ClF3N2O3S. The van der Waals surface area contributed by atoms with Crippen molar-refractivity contribution in [2.24, 2.45) is 5.92 Å². The van der Waals surface area contributed by atoms with Gasteiger partial charge in [0, 0.05) is 32.1 Å². The first-order valence-corrected chi connectivity index (χ1v) is 10.5. The highest BCUT2D eigenvalue weighted by Crippen LogP contribution is 2.36. The van der Waals surface area contributed by atoms with E-state index in [0.29, 0.717) is 6.07 Å². The molecule has 1 saturated heterocycles. The van der Waals surface area contributed by atoms with Gasteiger partial charge in [-0.15, -0.1) is 0 Å². The summed E-state index contributed by atoms with van der Waals surface area (Å²) in [6.07, 6.45) is -3.12. The Morgan fingerprint density at radius 3 is 2.33 bits per heavy atom. The third kappa shape index (κ3) is 4.94. The van der Waals surface area contributed by atoms with E-state index in [2.05, 4.69) is 0 Å². The number of hydrogen-bond acceptors (Lipinski definition) is 3. The molecule has 1 aliphatic rings. The first-order chi connectivity index (χ1) is 12.5. The summed E-state index contributed by atoms with van der Waals surface area (Å²) in [4.78, 5) is 13.5. The van der Waals surface area contributed by atoms with Gasteiger partial charge in [-0.05, 0) is 24.6 Å². The molecule has 0 aromatic heterocycles. The van der Waals surface area contributed by atoms with Gasteiger partial charge in [0.2, 0.25) is 15.9 Å². The van der Waals surface area contributed by atoms with Gasteiger partial charge in [0.15, 0.2) is 0 Å². The van der Waals surface area contributed by atoms with Crippen LogP contribution in [0.25, 0.3) is 0 Å². The molecule has 1 atom stereocenters. The Labute approximate surface area is 162 Å². The number of nitrogens with zero attached hydrogens (tertiary/aromatic N) is 2. The Kier molecular flexibility index (Phi) is 6.81. The van der Waals surface area contributed by atoms with Gasteiger partial charge in [-0.25, -0.2) is 8.42 Å². The second-order valence-corrected chi connectivity index (χ2v) is 8.90. The maximum atomic E-state index is 13.0. The fraction of sp³-hybridized carbons (Fsp3) is 0.588. The normalized spacial score (nSPS) is 17.8. The van der Waals surface area contributed by atoms with Gasteiger partial charge < -0.3 is 4.90 Å². The van der Waals surface area contributed by atoms with Crippen LogP contribution in [0.4, 0.5) is 13.2 Å². The third-order valence-electron chi connectivity index (χ3n) is 4.57. The predicted molar refractivity (Wildman–Crippen MR) is 95.9 cm³/mol. The van der Waals surface area contributed by atoms with Crippen molar-refractivity contribution in [2.75, 3.05) is 26.2 Å². The Bertz CT molecular complexity index is 791. The van der Waals surface area contributed by atoms with Crippen molar-refractivity contribution in [3.8, 4) is 0 Å². The van der Waals surface area contributed by atoms with E-state index in [9.17, 15) is 26.4 Å². The summed E-state index contributed by atoms with van der Waals surface area (Å²) in [5, 5.41) is -0.554. The van der Waals surface area contributed by atoms with Gasteiger partial charge in [-0.3, -0.25) is 4.79 Å². The molecule has 1 fully saturated rings. The van der Waals surface area contributed by atoms with Crippen LogP contribution in [-0.2, 0) is 21.0 Å². The maximum absolute atomic E-state index is 13.0. The first kappa shape index (κ1) is 22.0. The quantitative estimate of drug-likeness (QED) is 0.722. The van der Waals surface area contributed by atoms with Gasteiger partial charge in [-0.2, -0.15) is 17.5 Å². The molecule has 5 nitrogen and oxygen atoms in total. The molecule has 27 heavy (non-hydrogen) atoms. The standard InChI is InChI=1S/C17H22ClF3N2O3S/c1-3-4-12(2)16(24)22-7-9-23(10-8-22)27(25,26)13-5-6-15(18)14(11-13)17(19,20)21/h5-6,11-12H,3-4,7-10H2,1-2H3. The molecule has 0 saturated carbocycles. The largest absolute Gasteiger partial charge is 0.417 e. The minimum atomic E-state index is -4.75. The zero-order valence-electron chi connectivity index (χ0n) is 15.1. The monoisotopic (exact) mass is 426 g/mol. The number of halogens is 4. The van der Waals surface area contributed by atoms with Crippen LogP contribution in [0.3, 0.4) is 0 Å². The molecule has 0 bridgehead atoms. The molecule has 1 unspecified atom stereocenters. The van der Waals surface area contributed by atoms with Crippen LogP contribution < -0.4 is 0 Å². The lowest BCUT2D eigenvalue weighted by atomic mass is 10.0. The summed E-state index contributed by atoms with van der Waals surface area (Å²) in [7, 11) is -4.10. The first-order valence-electron chi connectivity index (χ1n) is 8.64. The molecule has 1 amide bonds. The van der Waals surface area contributed by atoms with Gasteiger partial charge in [0.05, 0.1) is 15.5 Å². The lowest BCUT2D eigenvalue weighted by Gasteiger charge is -2.35. The molecule has 1 heterocycles. The van der Waals surface area contributed by atoms with E-state index >= 15 is 0 Å². The summed E-state index contributed by atoms with van der Waals surface area (Å²) < 4.78 is 65.5. The highest BCUT2D eigenvalue weighted by Gasteiger charge is 2.36. The SMILES string of the molecule is CCCC(C)C(=O)N1CCN(S(=O)(=O)c2ccc(Cl)c(C(F)(F)F)c2)CC1. The van der Waals surface area contributed by atoms with Crippen molar-refractivity contribution < 1.29 is 26.4 Å². The lowest BCUT2D eigenvalue weighted by molar-refractivity contribution is -0.138. The summed E-state index contributed by atoms with van der Waals surface area (Å²) in [6.45, 7) is 4.32. The number of carbonyl (C=O) groups excluding carboxylic acids is 1. The number of amides is 1. The summed E-state index contributed by atoms with van der Waals surface area (Å²) in [5.41, 5.74) is -1.19. The van der Waals surface area contributed by atoms with Gasteiger partial charge in [0.1, 0.15) is 0 Å². The van der Waals surface area contributed by atoms with Crippen molar-refractivity contribution in [1.82, 2.24) is 9.21 Å². The predicted octanol–water partition coefficient (Wildman–Crippen LogP) is 3.63. The van der Waals surface area contributed by atoms with Crippen LogP contribution in [0.1, 0.15) is 32.3 Å². The van der Waals surface area contributed by atoms with Crippen molar-refractivity contribution in [3.05, 3.63) is 28.8 Å². The number of rotatable bonds is 5. The highest BCUT2D eigenvalue weighted by atomic mass is 35.5. The Hall–Kier alpha value is -1.32. The van der Waals surface area contributed by atoms with E-state index < -0.39 is 31.7 Å².